The molecule has 6 nitrogen and oxygen atoms in total. The number of nitrogens with zero attached hydrogens (tertiary/aromatic N) is 2. The van der Waals surface area contributed by atoms with Gasteiger partial charge >= 0.3 is 0 Å². The Morgan fingerprint density at radius 2 is 2.23 bits per heavy atom. The molecule has 3 heterocycles. The van der Waals surface area contributed by atoms with Crippen molar-refractivity contribution in [2.45, 2.75) is 45.6 Å². The molecule has 22 heavy (non-hydrogen) atoms. The van der Waals surface area contributed by atoms with Crippen molar-refractivity contribution in [1.82, 2.24) is 14.6 Å². The summed E-state index contributed by atoms with van der Waals surface area (Å²) in [5.74, 6) is -0.0175. The van der Waals surface area contributed by atoms with Gasteiger partial charge in [-0.2, -0.15) is 5.10 Å². The van der Waals surface area contributed by atoms with Gasteiger partial charge in [0.25, 0.3) is 5.56 Å². The number of rotatable bonds is 2. The predicted molar refractivity (Wildman–Crippen MR) is 78.7 cm³/mol. The standard InChI is InChI=1S/C15H20FN3O3/c1-7-5-10(19-12(7)14(21)17-9(3)18-19)13-15(4,16)8(2)11(6-20)22-13/h5,8,11,13,20H,6H2,1-4H3,(H,17,18,21)/t8-,11-,13+,15-/m1/s1. The fourth-order valence-electron chi connectivity index (χ4n) is 3.20. The number of hydrogen-bond acceptors (Lipinski definition) is 4. The van der Waals surface area contributed by atoms with Crippen LogP contribution in [0.3, 0.4) is 0 Å². The second-order valence-electron chi connectivity index (χ2n) is 6.23. The summed E-state index contributed by atoms with van der Waals surface area (Å²) < 4.78 is 22.4. The van der Waals surface area contributed by atoms with Gasteiger partial charge in [0, 0.05) is 5.92 Å². The van der Waals surface area contributed by atoms with E-state index < -0.39 is 23.8 Å². The summed E-state index contributed by atoms with van der Waals surface area (Å²) in [6, 6.07) is 1.73. The third-order valence-electron chi connectivity index (χ3n) is 4.67. The third kappa shape index (κ3) is 1.99. The molecule has 120 valence electrons. The predicted octanol–water partition coefficient (Wildman–Crippen LogP) is 1.44. The zero-order chi connectivity index (χ0) is 16.2. The summed E-state index contributed by atoms with van der Waals surface area (Å²) in [5, 5.41) is 13.7. The highest BCUT2D eigenvalue weighted by molar-refractivity contribution is 5.55. The van der Waals surface area contributed by atoms with Crippen LogP contribution >= 0.6 is 0 Å². The van der Waals surface area contributed by atoms with E-state index in [1.54, 1.807) is 26.8 Å². The molecular weight excluding hydrogens is 289 g/mol. The quantitative estimate of drug-likeness (QED) is 0.879. The lowest BCUT2D eigenvalue weighted by Gasteiger charge is -2.24. The van der Waals surface area contributed by atoms with Crippen molar-refractivity contribution in [2.75, 3.05) is 6.61 Å². The minimum absolute atomic E-state index is 0.244. The maximum atomic E-state index is 15.2. The van der Waals surface area contributed by atoms with Crippen molar-refractivity contribution >= 4 is 5.52 Å². The number of aliphatic hydroxyl groups excluding tert-OH is 1. The summed E-state index contributed by atoms with van der Waals surface area (Å²) in [6.45, 7) is 6.39. The number of alkyl halides is 1. The van der Waals surface area contributed by atoms with Crippen molar-refractivity contribution in [3.63, 3.8) is 0 Å². The molecule has 0 spiro atoms. The number of H-pyrrole nitrogens is 1. The molecule has 7 heteroatoms. The Labute approximate surface area is 126 Å². The Kier molecular flexibility index (Phi) is 3.37. The molecule has 1 aliphatic heterocycles. The SMILES string of the molecule is Cc1nn2c([C@@H]3O[C@H](CO)[C@@H](C)[C@@]3(C)F)cc(C)c2c(=O)[nH]1. The second-order valence-corrected chi connectivity index (χ2v) is 6.23. The van der Waals surface area contributed by atoms with E-state index in [2.05, 4.69) is 10.1 Å². The Balaban J connectivity index is 2.21. The van der Waals surface area contributed by atoms with Crippen LogP contribution in [0.4, 0.5) is 4.39 Å². The molecule has 0 amide bonds. The third-order valence-corrected chi connectivity index (χ3v) is 4.67. The van der Waals surface area contributed by atoms with Gasteiger partial charge in [-0.15, -0.1) is 0 Å². The van der Waals surface area contributed by atoms with Crippen molar-refractivity contribution in [1.29, 1.82) is 0 Å². The van der Waals surface area contributed by atoms with Crippen LogP contribution in [0, 0.1) is 19.8 Å². The number of aryl methyl sites for hydroxylation is 2. The molecule has 1 saturated heterocycles. The molecule has 2 N–H and O–H groups in total. The number of hydrogen-bond donors (Lipinski definition) is 2. The monoisotopic (exact) mass is 309 g/mol. The molecule has 3 rings (SSSR count). The number of aliphatic hydroxyl groups is 1. The van der Waals surface area contributed by atoms with Gasteiger partial charge in [-0.05, 0) is 32.4 Å². The Morgan fingerprint density at radius 1 is 1.55 bits per heavy atom. The van der Waals surface area contributed by atoms with Crippen LogP contribution in [0.15, 0.2) is 10.9 Å². The zero-order valence-electron chi connectivity index (χ0n) is 13.1. The number of aromatic nitrogens is 3. The summed E-state index contributed by atoms with van der Waals surface area (Å²) in [7, 11) is 0. The van der Waals surface area contributed by atoms with E-state index >= 15 is 4.39 Å². The smallest absolute Gasteiger partial charge is 0.275 e. The van der Waals surface area contributed by atoms with Gasteiger partial charge in [0.2, 0.25) is 0 Å². The van der Waals surface area contributed by atoms with Gasteiger partial charge in [0.15, 0.2) is 0 Å². The highest BCUT2D eigenvalue weighted by atomic mass is 19.1. The summed E-state index contributed by atoms with van der Waals surface area (Å²) in [5.41, 5.74) is -0.328. The Bertz CT molecular complexity index is 780. The number of nitrogens with one attached hydrogen (secondary N) is 1. The lowest BCUT2D eigenvalue weighted by Crippen LogP contribution is -2.32. The summed E-state index contributed by atoms with van der Waals surface area (Å²) in [6.07, 6.45) is -1.46. The zero-order valence-corrected chi connectivity index (χ0v) is 13.1. The number of aromatic amines is 1. The van der Waals surface area contributed by atoms with E-state index in [0.29, 0.717) is 22.6 Å². The van der Waals surface area contributed by atoms with Gasteiger partial charge in [-0.1, -0.05) is 6.92 Å². The fraction of sp³-hybridized carbons (Fsp3) is 0.600. The number of halogens is 1. The maximum Gasteiger partial charge on any atom is 0.275 e. The van der Waals surface area contributed by atoms with Gasteiger partial charge in [-0.25, -0.2) is 8.91 Å². The maximum absolute atomic E-state index is 15.2. The van der Waals surface area contributed by atoms with Crippen molar-refractivity contribution in [3.05, 3.63) is 33.5 Å². The molecule has 2 aromatic rings. The molecule has 1 aliphatic rings. The van der Waals surface area contributed by atoms with Gasteiger partial charge in [0.05, 0.1) is 18.4 Å². The molecule has 0 aliphatic carbocycles. The van der Waals surface area contributed by atoms with Crippen LogP contribution in [0.5, 0.6) is 0 Å². The van der Waals surface area contributed by atoms with Gasteiger partial charge in [0.1, 0.15) is 23.1 Å². The van der Waals surface area contributed by atoms with E-state index in [4.69, 9.17) is 4.74 Å². The number of fused-ring (bicyclic) bond motifs is 1. The molecule has 4 atom stereocenters. The average molecular weight is 309 g/mol. The minimum atomic E-state index is -1.66. The van der Waals surface area contributed by atoms with Crippen molar-refractivity contribution in [3.8, 4) is 0 Å². The Hall–Kier alpha value is -1.73. The molecule has 0 bridgehead atoms. The average Bonchev–Trinajstić information content (AvgIpc) is 2.86. The first-order valence-corrected chi connectivity index (χ1v) is 7.31. The van der Waals surface area contributed by atoms with Crippen LogP contribution in [0.2, 0.25) is 0 Å². The van der Waals surface area contributed by atoms with Crippen LogP contribution in [-0.4, -0.2) is 38.1 Å². The van der Waals surface area contributed by atoms with E-state index in [1.165, 1.54) is 11.4 Å². The first kappa shape index (κ1) is 15.2. The topological polar surface area (TPSA) is 79.6 Å². The first-order valence-electron chi connectivity index (χ1n) is 7.31. The van der Waals surface area contributed by atoms with Crippen LogP contribution < -0.4 is 5.56 Å². The van der Waals surface area contributed by atoms with E-state index in [1.807, 2.05) is 0 Å². The van der Waals surface area contributed by atoms with Crippen molar-refractivity contribution in [2.24, 2.45) is 5.92 Å². The van der Waals surface area contributed by atoms with Crippen LogP contribution in [0.1, 0.15) is 37.0 Å². The van der Waals surface area contributed by atoms with Crippen LogP contribution in [0.25, 0.3) is 5.52 Å². The molecular formula is C15H20FN3O3. The largest absolute Gasteiger partial charge is 0.394 e. The first-order chi connectivity index (χ1) is 10.3. The van der Waals surface area contributed by atoms with E-state index in [-0.39, 0.29) is 12.2 Å². The van der Waals surface area contributed by atoms with Crippen LogP contribution in [-0.2, 0) is 4.74 Å². The molecule has 0 saturated carbocycles. The van der Waals surface area contributed by atoms with E-state index in [0.717, 1.165) is 0 Å². The highest BCUT2D eigenvalue weighted by Crippen LogP contribution is 2.48. The van der Waals surface area contributed by atoms with Gasteiger partial charge < -0.3 is 14.8 Å². The minimum Gasteiger partial charge on any atom is -0.394 e. The Morgan fingerprint density at radius 3 is 2.82 bits per heavy atom. The number of ether oxygens (including phenoxy) is 1. The summed E-state index contributed by atoms with van der Waals surface area (Å²) in [4.78, 5) is 14.7. The lowest BCUT2D eigenvalue weighted by molar-refractivity contribution is -0.0200. The highest BCUT2D eigenvalue weighted by Gasteiger charge is 2.53. The van der Waals surface area contributed by atoms with Crippen molar-refractivity contribution < 1.29 is 14.2 Å². The second kappa shape index (κ2) is 4.89. The molecule has 0 aromatic carbocycles. The lowest BCUT2D eigenvalue weighted by atomic mass is 9.86. The molecule has 1 fully saturated rings. The molecule has 0 unspecified atom stereocenters. The fourth-order valence-corrected chi connectivity index (χ4v) is 3.20. The van der Waals surface area contributed by atoms with Gasteiger partial charge in [-0.3, -0.25) is 4.79 Å². The molecule has 0 radical (unpaired) electrons. The molecule has 2 aromatic heterocycles. The van der Waals surface area contributed by atoms with E-state index in [9.17, 15) is 9.90 Å². The summed E-state index contributed by atoms with van der Waals surface area (Å²) >= 11 is 0. The normalized spacial score (nSPS) is 32.0.